The van der Waals surface area contributed by atoms with Gasteiger partial charge in [-0.1, -0.05) is 18.2 Å². The Morgan fingerprint density at radius 3 is 2.50 bits per heavy atom. The second kappa shape index (κ2) is 3.02. The molecule has 70 valence electrons. The molecule has 0 atom stereocenters. The van der Waals surface area contributed by atoms with Gasteiger partial charge in [-0.15, -0.1) is 0 Å². The lowest BCUT2D eigenvalue weighted by Gasteiger charge is -2.00. The third-order valence-corrected chi connectivity index (χ3v) is 2.82. The number of benzene rings is 1. The summed E-state index contributed by atoms with van der Waals surface area (Å²) >= 11 is 0. The molecule has 0 aliphatic heterocycles. The van der Waals surface area contributed by atoms with E-state index in [2.05, 4.69) is 53.4 Å². The molecule has 0 unspecified atom stereocenters. The Balaban J connectivity index is 1.96. The van der Waals surface area contributed by atoms with Crippen LogP contribution in [0.15, 0.2) is 48.8 Å². The van der Waals surface area contributed by atoms with Crippen LogP contribution in [0.4, 0.5) is 0 Å². The van der Waals surface area contributed by atoms with Crippen LogP contribution < -0.4 is 0 Å². The average Bonchev–Trinajstić information content (AvgIpc) is 2.98. The fourth-order valence-electron chi connectivity index (χ4n) is 1.83. The van der Waals surface area contributed by atoms with E-state index in [1.54, 1.807) is 0 Å². The van der Waals surface area contributed by atoms with Crippen LogP contribution >= 0.6 is 0 Å². The highest BCUT2D eigenvalue weighted by Crippen LogP contribution is 2.40. The van der Waals surface area contributed by atoms with Crippen LogP contribution in [0.2, 0.25) is 0 Å². The minimum Gasteiger partial charge on any atom is -0.324 e. The van der Waals surface area contributed by atoms with Crippen molar-refractivity contribution in [2.24, 2.45) is 0 Å². The van der Waals surface area contributed by atoms with Gasteiger partial charge in [0.2, 0.25) is 0 Å². The normalized spacial score (nSPS) is 15.7. The highest BCUT2D eigenvalue weighted by molar-refractivity contribution is 5.35. The monoisotopic (exact) mass is 183 g/mol. The summed E-state index contributed by atoms with van der Waals surface area (Å²) in [6.07, 6.45) is 7.16. The van der Waals surface area contributed by atoms with Crippen LogP contribution in [0, 0.1) is 0 Å². The van der Waals surface area contributed by atoms with E-state index in [0.717, 1.165) is 5.92 Å². The number of nitrogens with zero attached hydrogens (tertiary/aromatic N) is 1. The Bertz CT molecular complexity index is 424. The predicted octanol–water partition coefficient (Wildman–Crippen LogP) is 3.35. The Morgan fingerprint density at radius 1 is 1.00 bits per heavy atom. The van der Waals surface area contributed by atoms with Crippen molar-refractivity contribution in [3.05, 3.63) is 54.4 Å². The van der Waals surface area contributed by atoms with E-state index in [-0.39, 0.29) is 0 Å². The van der Waals surface area contributed by atoms with Gasteiger partial charge in [0.1, 0.15) is 0 Å². The Labute approximate surface area is 84.0 Å². The van der Waals surface area contributed by atoms with Crippen LogP contribution in [0.1, 0.15) is 24.3 Å². The lowest BCUT2D eigenvalue weighted by molar-refractivity contribution is 1.05. The summed E-state index contributed by atoms with van der Waals surface area (Å²) in [4.78, 5) is 0. The number of aromatic nitrogens is 1. The number of para-hydroxylation sites is 1. The van der Waals surface area contributed by atoms with Gasteiger partial charge < -0.3 is 4.57 Å². The molecule has 0 spiro atoms. The fraction of sp³-hybridized carbons (Fsp3) is 0.231. The van der Waals surface area contributed by atoms with E-state index in [4.69, 9.17) is 0 Å². The van der Waals surface area contributed by atoms with Crippen molar-refractivity contribution in [3.63, 3.8) is 0 Å². The van der Waals surface area contributed by atoms with E-state index in [1.165, 1.54) is 24.1 Å². The second-order valence-electron chi connectivity index (χ2n) is 3.96. The summed E-state index contributed by atoms with van der Waals surface area (Å²) < 4.78 is 2.20. The molecule has 14 heavy (non-hydrogen) atoms. The van der Waals surface area contributed by atoms with Crippen molar-refractivity contribution in [2.75, 3.05) is 0 Å². The lowest BCUT2D eigenvalue weighted by Crippen LogP contribution is -1.87. The molecule has 1 saturated carbocycles. The first-order valence-electron chi connectivity index (χ1n) is 5.17. The first-order chi connectivity index (χ1) is 6.93. The van der Waals surface area contributed by atoms with E-state index in [1.807, 2.05) is 0 Å². The SMILES string of the molecule is c1ccc(-n2ccc(C3CC3)c2)cc1. The smallest absolute Gasteiger partial charge is 0.0449 e. The maximum absolute atomic E-state index is 2.26. The van der Waals surface area contributed by atoms with Crippen molar-refractivity contribution in [3.8, 4) is 5.69 Å². The van der Waals surface area contributed by atoms with Crippen LogP contribution in [0.3, 0.4) is 0 Å². The molecule has 1 heterocycles. The van der Waals surface area contributed by atoms with Gasteiger partial charge >= 0.3 is 0 Å². The summed E-state index contributed by atoms with van der Waals surface area (Å²) in [5.74, 6) is 0.847. The zero-order valence-electron chi connectivity index (χ0n) is 8.06. The molecule has 1 heteroatoms. The van der Waals surface area contributed by atoms with Crippen LogP contribution in [0.25, 0.3) is 5.69 Å². The van der Waals surface area contributed by atoms with Crippen molar-refractivity contribution in [1.29, 1.82) is 0 Å². The molecule has 0 amide bonds. The van der Waals surface area contributed by atoms with Crippen molar-refractivity contribution in [2.45, 2.75) is 18.8 Å². The van der Waals surface area contributed by atoms with Gasteiger partial charge in [0.15, 0.2) is 0 Å². The maximum atomic E-state index is 2.26. The number of hydrogen-bond donors (Lipinski definition) is 0. The van der Waals surface area contributed by atoms with Gasteiger partial charge in [-0.25, -0.2) is 0 Å². The second-order valence-corrected chi connectivity index (χ2v) is 3.96. The molecular weight excluding hydrogens is 170 g/mol. The summed E-state index contributed by atoms with van der Waals surface area (Å²) in [6.45, 7) is 0. The third-order valence-electron chi connectivity index (χ3n) is 2.82. The van der Waals surface area contributed by atoms with E-state index >= 15 is 0 Å². The summed E-state index contributed by atoms with van der Waals surface area (Å²) in [6, 6.07) is 12.7. The molecule has 3 rings (SSSR count). The molecule has 1 nitrogen and oxygen atoms in total. The zero-order valence-corrected chi connectivity index (χ0v) is 8.06. The van der Waals surface area contributed by atoms with Gasteiger partial charge in [0, 0.05) is 18.1 Å². The minimum atomic E-state index is 0.847. The molecule has 0 saturated heterocycles. The highest BCUT2D eigenvalue weighted by Gasteiger charge is 2.24. The summed E-state index contributed by atoms with van der Waals surface area (Å²) in [5, 5.41) is 0. The largest absolute Gasteiger partial charge is 0.324 e. The fourth-order valence-corrected chi connectivity index (χ4v) is 1.83. The first-order valence-corrected chi connectivity index (χ1v) is 5.17. The molecule has 0 bridgehead atoms. The average molecular weight is 183 g/mol. The van der Waals surface area contributed by atoms with Gasteiger partial charge in [-0.05, 0) is 42.5 Å². The zero-order chi connectivity index (χ0) is 9.38. The molecular formula is C13H13N. The van der Waals surface area contributed by atoms with Gasteiger partial charge in [0.05, 0.1) is 0 Å². The predicted molar refractivity (Wildman–Crippen MR) is 57.7 cm³/mol. The van der Waals surface area contributed by atoms with Crippen molar-refractivity contribution in [1.82, 2.24) is 4.57 Å². The number of rotatable bonds is 2. The van der Waals surface area contributed by atoms with Crippen molar-refractivity contribution < 1.29 is 0 Å². The van der Waals surface area contributed by atoms with E-state index in [0.29, 0.717) is 0 Å². The van der Waals surface area contributed by atoms with Crippen molar-refractivity contribution >= 4 is 0 Å². The van der Waals surface area contributed by atoms with Gasteiger partial charge in [0.25, 0.3) is 0 Å². The van der Waals surface area contributed by atoms with E-state index in [9.17, 15) is 0 Å². The van der Waals surface area contributed by atoms with Crippen LogP contribution in [0.5, 0.6) is 0 Å². The molecule has 1 aliphatic rings. The minimum absolute atomic E-state index is 0.847. The topological polar surface area (TPSA) is 4.93 Å². The van der Waals surface area contributed by atoms with Gasteiger partial charge in [-0.3, -0.25) is 0 Å². The third kappa shape index (κ3) is 1.35. The van der Waals surface area contributed by atoms with Crippen LogP contribution in [-0.2, 0) is 0 Å². The first kappa shape index (κ1) is 7.86. The number of hydrogen-bond acceptors (Lipinski definition) is 0. The Kier molecular flexibility index (Phi) is 1.69. The quantitative estimate of drug-likeness (QED) is 0.672. The molecule has 0 radical (unpaired) electrons. The Morgan fingerprint density at radius 2 is 1.79 bits per heavy atom. The molecule has 1 aromatic heterocycles. The lowest BCUT2D eigenvalue weighted by atomic mass is 10.2. The summed E-state index contributed by atoms with van der Waals surface area (Å²) in [5.41, 5.74) is 2.74. The molecule has 1 aliphatic carbocycles. The maximum Gasteiger partial charge on any atom is 0.0449 e. The molecule has 2 aromatic rings. The molecule has 1 aromatic carbocycles. The summed E-state index contributed by atoms with van der Waals surface area (Å²) in [7, 11) is 0. The van der Waals surface area contributed by atoms with E-state index < -0.39 is 0 Å². The standard InChI is InChI=1S/C13H13N/c1-2-4-13(5-3-1)14-9-8-12(10-14)11-6-7-11/h1-5,8-11H,6-7H2. The van der Waals surface area contributed by atoms with Crippen LogP contribution in [-0.4, -0.2) is 4.57 Å². The Hall–Kier alpha value is -1.50. The molecule has 0 N–H and O–H groups in total. The van der Waals surface area contributed by atoms with Gasteiger partial charge in [-0.2, -0.15) is 0 Å². The highest BCUT2D eigenvalue weighted by atomic mass is 14.9. The molecule has 1 fully saturated rings.